The van der Waals surface area contributed by atoms with Crippen LogP contribution in [0.4, 0.5) is 14.5 Å². The number of H-pyrrole nitrogens is 1. The summed E-state index contributed by atoms with van der Waals surface area (Å²) in [6.07, 6.45) is 6.28. The van der Waals surface area contributed by atoms with Crippen LogP contribution in [-0.4, -0.2) is 40.9 Å². The van der Waals surface area contributed by atoms with Gasteiger partial charge in [-0.25, -0.2) is 13.6 Å². The number of benzene rings is 2. The van der Waals surface area contributed by atoms with E-state index in [1.54, 1.807) is 36.4 Å². The summed E-state index contributed by atoms with van der Waals surface area (Å²) < 4.78 is 34.9. The van der Waals surface area contributed by atoms with Gasteiger partial charge in [-0.05, 0) is 66.3 Å². The number of carbonyl (C=O) groups is 1. The van der Waals surface area contributed by atoms with E-state index >= 15 is 0 Å². The van der Waals surface area contributed by atoms with Crippen molar-refractivity contribution in [3.05, 3.63) is 77.3 Å². The SMILES string of the molecule is CC=C(CN1CCCc2cc(-c3cnn(C)c3)c(C(F)F)cc21)c1ccc2[nH]cc(C(=O)OC)c2c1. The summed E-state index contributed by atoms with van der Waals surface area (Å²) in [5.74, 6) is -0.394. The molecule has 0 radical (unpaired) electrons. The number of allylic oxidation sites excluding steroid dienone is 1. The summed E-state index contributed by atoms with van der Waals surface area (Å²) in [5, 5.41) is 4.96. The molecule has 1 aliphatic heterocycles. The number of nitrogens with zero attached hydrogens (tertiary/aromatic N) is 3. The lowest BCUT2D eigenvalue weighted by Crippen LogP contribution is -2.31. The third-order valence-corrected chi connectivity index (χ3v) is 6.88. The maximum atomic E-state index is 14.2. The van der Waals surface area contributed by atoms with Crippen LogP contribution in [0.25, 0.3) is 27.6 Å². The molecule has 3 heterocycles. The van der Waals surface area contributed by atoms with Crippen molar-refractivity contribution < 1.29 is 18.3 Å². The number of hydrogen-bond acceptors (Lipinski definition) is 4. The van der Waals surface area contributed by atoms with E-state index in [1.807, 2.05) is 37.3 Å². The lowest BCUT2D eigenvalue weighted by atomic mass is 9.92. The van der Waals surface area contributed by atoms with Crippen LogP contribution in [0.15, 0.2) is 55.0 Å². The first-order valence-corrected chi connectivity index (χ1v) is 11.9. The molecular weight excluding hydrogens is 462 g/mol. The number of halogens is 2. The number of aromatic nitrogens is 3. The number of aromatic amines is 1. The van der Waals surface area contributed by atoms with Crippen LogP contribution < -0.4 is 4.90 Å². The molecule has 0 unspecified atom stereocenters. The number of hydrogen-bond donors (Lipinski definition) is 1. The molecule has 0 saturated heterocycles. The highest BCUT2D eigenvalue weighted by Crippen LogP contribution is 2.39. The Morgan fingerprint density at radius 3 is 2.81 bits per heavy atom. The molecule has 8 heteroatoms. The molecule has 0 aliphatic carbocycles. The third kappa shape index (κ3) is 4.27. The summed E-state index contributed by atoms with van der Waals surface area (Å²) in [4.78, 5) is 17.5. The van der Waals surface area contributed by atoms with Crippen molar-refractivity contribution in [2.75, 3.05) is 25.1 Å². The van der Waals surface area contributed by atoms with Gasteiger partial charge in [-0.15, -0.1) is 0 Å². The number of aryl methyl sites for hydroxylation is 2. The second kappa shape index (κ2) is 9.60. The Bertz CT molecular complexity index is 1470. The van der Waals surface area contributed by atoms with Gasteiger partial charge in [0, 0.05) is 60.2 Å². The molecule has 2 aromatic heterocycles. The highest BCUT2D eigenvalue weighted by molar-refractivity contribution is 6.04. The number of ether oxygens (including phenoxy) is 1. The molecule has 36 heavy (non-hydrogen) atoms. The minimum atomic E-state index is -2.59. The molecule has 0 atom stereocenters. The Kier molecular flexibility index (Phi) is 6.35. The Balaban J connectivity index is 1.50. The van der Waals surface area contributed by atoms with Crippen molar-refractivity contribution in [2.45, 2.75) is 26.2 Å². The largest absolute Gasteiger partial charge is 0.465 e. The van der Waals surface area contributed by atoms with Gasteiger partial charge in [-0.1, -0.05) is 12.1 Å². The number of alkyl halides is 2. The number of nitrogens with one attached hydrogen (secondary N) is 1. The number of carbonyl (C=O) groups excluding carboxylic acids is 1. The third-order valence-electron chi connectivity index (χ3n) is 6.88. The van der Waals surface area contributed by atoms with Crippen LogP contribution in [0.5, 0.6) is 0 Å². The molecule has 1 N–H and O–H groups in total. The number of esters is 1. The average molecular weight is 491 g/mol. The quantitative estimate of drug-likeness (QED) is 0.330. The molecular formula is C28H28F2N4O2. The fourth-order valence-corrected chi connectivity index (χ4v) is 5.03. The lowest BCUT2D eigenvalue weighted by molar-refractivity contribution is 0.0603. The second-order valence-corrected chi connectivity index (χ2v) is 9.06. The topological polar surface area (TPSA) is 63.2 Å². The first-order chi connectivity index (χ1) is 17.4. The summed E-state index contributed by atoms with van der Waals surface area (Å²) in [6, 6.07) is 9.49. The van der Waals surface area contributed by atoms with Gasteiger partial charge in [-0.2, -0.15) is 5.10 Å². The Hall–Kier alpha value is -3.94. The molecule has 5 rings (SSSR count). The van der Waals surface area contributed by atoms with E-state index in [0.29, 0.717) is 23.2 Å². The van der Waals surface area contributed by atoms with Crippen molar-refractivity contribution in [1.29, 1.82) is 0 Å². The van der Waals surface area contributed by atoms with Crippen LogP contribution >= 0.6 is 0 Å². The maximum Gasteiger partial charge on any atom is 0.340 e. The van der Waals surface area contributed by atoms with Gasteiger partial charge in [0.15, 0.2) is 0 Å². The van der Waals surface area contributed by atoms with Gasteiger partial charge >= 0.3 is 5.97 Å². The fourth-order valence-electron chi connectivity index (χ4n) is 5.03. The number of rotatable bonds is 6. The smallest absolute Gasteiger partial charge is 0.340 e. The molecule has 1 aliphatic rings. The summed E-state index contributed by atoms with van der Waals surface area (Å²) in [5.41, 5.74) is 6.53. The van der Waals surface area contributed by atoms with Crippen molar-refractivity contribution in [2.24, 2.45) is 7.05 Å². The lowest BCUT2D eigenvalue weighted by Gasteiger charge is -2.33. The van der Waals surface area contributed by atoms with Crippen molar-refractivity contribution in [3.63, 3.8) is 0 Å². The molecule has 4 aromatic rings. The Morgan fingerprint density at radius 1 is 1.28 bits per heavy atom. The van der Waals surface area contributed by atoms with Gasteiger partial charge < -0.3 is 14.6 Å². The second-order valence-electron chi connectivity index (χ2n) is 9.06. The first kappa shape index (κ1) is 23.8. The van der Waals surface area contributed by atoms with Crippen LogP contribution in [0.3, 0.4) is 0 Å². The van der Waals surface area contributed by atoms with Crippen LogP contribution in [-0.2, 0) is 18.2 Å². The Morgan fingerprint density at radius 2 is 2.11 bits per heavy atom. The zero-order valence-electron chi connectivity index (χ0n) is 20.5. The molecule has 186 valence electrons. The van der Waals surface area contributed by atoms with E-state index in [-0.39, 0.29) is 5.56 Å². The monoisotopic (exact) mass is 490 g/mol. The number of fused-ring (bicyclic) bond motifs is 2. The molecule has 0 saturated carbocycles. The maximum absolute atomic E-state index is 14.2. The molecule has 0 bridgehead atoms. The first-order valence-electron chi connectivity index (χ1n) is 11.9. The molecule has 2 aromatic carbocycles. The molecule has 0 amide bonds. The van der Waals surface area contributed by atoms with E-state index in [2.05, 4.69) is 15.0 Å². The van der Waals surface area contributed by atoms with E-state index in [0.717, 1.165) is 52.7 Å². The van der Waals surface area contributed by atoms with Crippen LogP contribution in [0.2, 0.25) is 0 Å². The average Bonchev–Trinajstić information content (AvgIpc) is 3.51. The van der Waals surface area contributed by atoms with E-state index < -0.39 is 12.4 Å². The predicted molar refractivity (Wildman–Crippen MR) is 137 cm³/mol. The van der Waals surface area contributed by atoms with E-state index in [9.17, 15) is 13.6 Å². The zero-order valence-corrected chi connectivity index (χ0v) is 20.5. The normalized spacial score (nSPS) is 13.9. The van der Waals surface area contributed by atoms with Crippen LogP contribution in [0, 0.1) is 0 Å². The Labute approximate surface area is 208 Å². The van der Waals surface area contributed by atoms with Gasteiger partial charge in [0.2, 0.25) is 0 Å². The van der Waals surface area contributed by atoms with E-state index in [4.69, 9.17) is 4.74 Å². The standard InChI is InChI=1S/C28H28F2N4O2/c1-4-17(18-7-8-25-22(10-18)24(14-31-25)28(35)36-3)16-34-9-5-6-19-11-21(20-13-32-33(2)15-20)23(27(29)30)12-26(19)34/h4,7-8,10-15,27,31H,5-6,9,16H2,1-3H3. The minimum absolute atomic E-state index is 0.0205. The van der Waals surface area contributed by atoms with Crippen molar-refractivity contribution >= 4 is 28.1 Å². The van der Waals surface area contributed by atoms with Gasteiger partial charge in [0.05, 0.1) is 18.9 Å². The van der Waals surface area contributed by atoms with E-state index in [1.165, 1.54) is 7.11 Å². The van der Waals surface area contributed by atoms with Crippen molar-refractivity contribution in [1.82, 2.24) is 14.8 Å². The molecule has 0 fully saturated rings. The minimum Gasteiger partial charge on any atom is -0.465 e. The molecule has 0 spiro atoms. The van der Waals surface area contributed by atoms with Gasteiger partial charge in [0.1, 0.15) is 0 Å². The highest BCUT2D eigenvalue weighted by atomic mass is 19.3. The molecule has 6 nitrogen and oxygen atoms in total. The number of methoxy groups -OCH3 is 1. The summed E-state index contributed by atoms with van der Waals surface area (Å²) in [7, 11) is 3.15. The summed E-state index contributed by atoms with van der Waals surface area (Å²) >= 11 is 0. The van der Waals surface area contributed by atoms with Gasteiger partial charge in [-0.3, -0.25) is 4.68 Å². The van der Waals surface area contributed by atoms with Crippen molar-refractivity contribution in [3.8, 4) is 11.1 Å². The fraction of sp³-hybridized carbons (Fsp3) is 0.286. The number of anilines is 1. The highest BCUT2D eigenvalue weighted by Gasteiger charge is 2.25. The summed E-state index contributed by atoms with van der Waals surface area (Å²) in [6.45, 7) is 3.32. The zero-order chi connectivity index (χ0) is 25.4. The van der Waals surface area contributed by atoms with Crippen LogP contribution in [0.1, 0.15) is 46.8 Å². The predicted octanol–water partition coefficient (Wildman–Crippen LogP) is 6.15. The van der Waals surface area contributed by atoms with Gasteiger partial charge in [0.25, 0.3) is 6.43 Å².